The van der Waals surface area contributed by atoms with E-state index >= 15 is 0 Å². The molecule has 1 aromatic rings. The van der Waals surface area contributed by atoms with E-state index in [4.69, 9.17) is 21.1 Å². The predicted octanol–water partition coefficient (Wildman–Crippen LogP) is 4.35. The lowest BCUT2D eigenvalue weighted by Gasteiger charge is -2.29. The minimum absolute atomic E-state index is 0.503. The van der Waals surface area contributed by atoms with Crippen molar-refractivity contribution in [2.75, 3.05) is 19.5 Å². The van der Waals surface area contributed by atoms with E-state index in [1.54, 1.807) is 20.3 Å². The molecule has 0 bridgehead atoms. The topological polar surface area (TPSA) is 30.5 Å². The molecule has 0 heterocycles. The Balaban J connectivity index is 2.18. The first-order valence-corrected chi connectivity index (χ1v) is 7.20. The maximum absolute atomic E-state index is 6.11. The van der Waals surface area contributed by atoms with Crippen LogP contribution >= 0.6 is 11.6 Å². The van der Waals surface area contributed by atoms with Crippen LogP contribution < -0.4 is 14.8 Å². The van der Waals surface area contributed by atoms with Gasteiger partial charge in [-0.2, -0.15) is 0 Å². The molecular weight excluding hydrogens is 262 g/mol. The molecule has 2 rings (SSSR count). The van der Waals surface area contributed by atoms with Crippen molar-refractivity contribution in [3.63, 3.8) is 0 Å². The third-order valence-electron chi connectivity index (χ3n) is 3.77. The van der Waals surface area contributed by atoms with Gasteiger partial charge >= 0.3 is 0 Å². The van der Waals surface area contributed by atoms with Crippen molar-refractivity contribution in [2.24, 2.45) is 5.92 Å². The van der Waals surface area contributed by atoms with E-state index in [1.165, 1.54) is 25.7 Å². The first-order chi connectivity index (χ1) is 9.13. The van der Waals surface area contributed by atoms with Crippen molar-refractivity contribution in [3.05, 3.63) is 17.2 Å². The standard InChI is InChI=1S/C15H22ClNO2/c1-10-5-4-6-11(7-10)17-13-9-14(18-2)12(16)8-15(13)19-3/h8-11,17H,4-7H2,1-3H3. The van der Waals surface area contributed by atoms with Crippen molar-refractivity contribution >= 4 is 17.3 Å². The fraction of sp³-hybridized carbons (Fsp3) is 0.600. The van der Waals surface area contributed by atoms with Crippen molar-refractivity contribution < 1.29 is 9.47 Å². The number of ether oxygens (including phenoxy) is 2. The largest absolute Gasteiger partial charge is 0.495 e. The Labute approximate surface area is 120 Å². The number of halogens is 1. The maximum atomic E-state index is 6.11. The number of nitrogens with one attached hydrogen (secondary N) is 1. The Morgan fingerprint density at radius 1 is 1.16 bits per heavy atom. The quantitative estimate of drug-likeness (QED) is 0.891. The third-order valence-corrected chi connectivity index (χ3v) is 4.07. The second-order valence-electron chi connectivity index (χ2n) is 5.30. The second kappa shape index (κ2) is 6.38. The van der Waals surface area contributed by atoms with Crippen LogP contribution in [0, 0.1) is 5.92 Å². The number of benzene rings is 1. The summed E-state index contributed by atoms with van der Waals surface area (Å²) >= 11 is 6.11. The Morgan fingerprint density at radius 2 is 1.89 bits per heavy atom. The lowest BCUT2D eigenvalue weighted by molar-refractivity contribution is 0.356. The number of anilines is 1. The Hall–Kier alpha value is -1.09. The minimum atomic E-state index is 0.503. The average Bonchev–Trinajstić information content (AvgIpc) is 2.40. The zero-order chi connectivity index (χ0) is 13.8. The lowest BCUT2D eigenvalue weighted by Crippen LogP contribution is -2.26. The lowest BCUT2D eigenvalue weighted by atomic mass is 9.87. The summed E-state index contributed by atoms with van der Waals surface area (Å²) in [4.78, 5) is 0. The van der Waals surface area contributed by atoms with E-state index in [0.717, 1.165) is 17.4 Å². The summed E-state index contributed by atoms with van der Waals surface area (Å²) in [6.07, 6.45) is 5.03. The van der Waals surface area contributed by atoms with Gasteiger partial charge in [-0.1, -0.05) is 31.4 Å². The minimum Gasteiger partial charge on any atom is -0.495 e. The summed E-state index contributed by atoms with van der Waals surface area (Å²) in [7, 11) is 3.28. The van der Waals surface area contributed by atoms with Gasteiger partial charge in [-0.3, -0.25) is 0 Å². The van der Waals surface area contributed by atoms with Crippen LogP contribution in [0.5, 0.6) is 11.5 Å². The second-order valence-corrected chi connectivity index (χ2v) is 5.71. The van der Waals surface area contributed by atoms with Crippen molar-refractivity contribution in [1.29, 1.82) is 0 Å². The van der Waals surface area contributed by atoms with Crippen molar-refractivity contribution in [3.8, 4) is 11.5 Å². The van der Waals surface area contributed by atoms with E-state index < -0.39 is 0 Å². The van der Waals surface area contributed by atoms with Crippen LogP contribution in [0.15, 0.2) is 12.1 Å². The van der Waals surface area contributed by atoms with Gasteiger partial charge in [0.1, 0.15) is 11.5 Å². The molecule has 1 aromatic carbocycles. The summed E-state index contributed by atoms with van der Waals surface area (Å²) in [5.41, 5.74) is 0.961. The van der Waals surface area contributed by atoms with Gasteiger partial charge in [-0.15, -0.1) is 0 Å². The molecule has 0 spiro atoms. The van der Waals surface area contributed by atoms with Crippen LogP contribution in [0.1, 0.15) is 32.6 Å². The van der Waals surface area contributed by atoms with Gasteiger partial charge in [0.25, 0.3) is 0 Å². The molecule has 0 radical (unpaired) electrons. The molecule has 106 valence electrons. The van der Waals surface area contributed by atoms with Crippen LogP contribution in [0.4, 0.5) is 5.69 Å². The number of rotatable bonds is 4. The summed E-state index contributed by atoms with van der Waals surface area (Å²) in [6.45, 7) is 2.31. The van der Waals surface area contributed by atoms with Crippen LogP contribution in [-0.4, -0.2) is 20.3 Å². The first-order valence-electron chi connectivity index (χ1n) is 6.82. The molecular formula is C15H22ClNO2. The maximum Gasteiger partial charge on any atom is 0.143 e. The van der Waals surface area contributed by atoms with Gasteiger partial charge < -0.3 is 14.8 Å². The molecule has 2 atom stereocenters. The molecule has 1 fully saturated rings. The Morgan fingerprint density at radius 3 is 2.53 bits per heavy atom. The highest BCUT2D eigenvalue weighted by Crippen LogP contribution is 2.37. The zero-order valence-electron chi connectivity index (χ0n) is 11.8. The normalized spacial score (nSPS) is 22.9. The summed E-state index contributed by atoms with van der Waals surface area (Å²) in [6, 6.07) is 4.22. The molecule has 1 aliphatic rings. The molecule has 0 saturated heterocycles. The predicted molar refractivity (Wildman–Crippen MR) is 79.6 cm³/mol. The van der Waals surface area contributed by atoms with E-state index in [2.05, 4.69) is 12.2 Å². The van der Waals surface area contributed by atoms with E-state index in [1.807, 2.05) is 6.07 Å². The molecule has 1 saturated carbocycles. The van der Waals surface area contributed by atoms with E-state index in [-0.39, 0.29) is 0 Å². The fourth-order valence-electron chi connectivity index (χ4n) is 2.76. The molecule has 19 heavy (non-hydrogen) atoms. The number of methoxy groups -OCH3 is 2. The summed E-state index contributed by atoms with van der Waals surface area (Å²) in [5, 5.41) is 4.14. The number of hydrogen-bond donors (Lipinski definition) is 1. The molecule has 3 nitrogen and oxygen atoms in total. The van der Waals surface area contributed by atoms with Crippen LogP contribution in [0.2, 0.25) is 5.02 Å². The monoisotopic (exact) mass is 283 g/mol. The van der Waals surface area contributed by atoms with Crippen molar-refractivity contribution in [2.45, 2.75) is 38.6 Å². The van der Waals surface area contributed by atoms with E-state index in [0.29, 0.717) is 16.8 Å². The highest BCUT2D eigenvalue weighted by atomic mass is 35.5. The fourth-order valence-corrected chi connectivity index (χ4v) is 2.99. The SMILES string of the molecule is COc1cc(NC2CCCC(C)C2)c(OC)cc1Cl. The van der Waals surface area contributed by atoms with Gasteiger partial charge in [0.2, 0.25) is 0 Å². The van der Waals surface area contributed by atoms with Crippen LogP contribution in [0.3, 0.4) is 0 Å². The zero-order valence-corrected chi connectivity index (χ0v) is 12.6. The van der Waals surface area contributed by atoms with Gasteiger partial charge in [-0.25, -0.2) is 0 Å². The molecule has 2 unspecified atom stereocenters. The van der Waals surface area contributed by atoms with Crippen LogP contribution in [-0.2, 0) is 0 Å². The van der Waals surface area contributed by atoms with E-state index in [9.17, 15) is 0 Å². The summed E-state index contributed by atoms with van der Waals surface area (Å²) < 4.78 is 10.7. The Bertz CT molecular complexity index is 436. The average molecular weight is 284 g/mol. The van der Waals surface area contributed by atoms with Gasteiger partial charge in [-0.05, 0) is 18.8 Å². The molecule has 1 N–H and O–H groups in total. The third kappa shape index (κ3) is 3.47. The highest BCUT2D eigenvalue weighted by Gasteiger charge is 2.20. The highest BCUT2D eigenvalue weighted by molar-refractivity contribution is 6.32. The van der Waals surface area contributed by atoms with Gasteiger partial charge in [0, 0.05) is 18.2 Å². The Kier molecular flexibility index (Phi) is 4.81. The van der Waals surface area contributed by atoms with Crippen LogP contribution in [0.25, 0.3) is 0 Å². The van der Waals surface area contributed by atoms with Gasteiger partial charge in [0.05, 0.1) is 24.9 Å². The molecule has 0 amide bonds. The molecule has 0 aliphatic heterocycles. The summed E-state index contributed by atoms with van der Waals surface area (Å²) in [5.74, 6) is 2.23. The smallest absolute Gasteiger partial charge is 0.143 e. The molecule has 1 aliphatic carbocycles. The number of hydrogen-bond acceptors (Lipinski definition) is 3. The molecule has 4 heteroatoms. The molecule has 0 aromatic heterocycles. The van der Waals surface area contributed by atoms with Gasteiger partial charge in [0.15, 0.2) is 0 Å². The first kappa shape index (κ1) is 14.3. The van der Waals surface area contributed by atoms with Crippen molar-refractivity contribution in [1.82, 2.24) is 0 Å².